The Bertz CT molecular complexity index is 740. The molecular weight excluding hydrogens is 334 g/mol. The van der Waals surface area contributed by atoms with Gasteiger partial charge in [0.1, 0.15) is 5.75 Å². The summed E-state index contributed by atoms with van der Waals surface area (Å²) < 4.78 is 5.22. The average Bonchev–Trinajstić information content (AvgIpc) is 2.89. The number of amides is 2. The molecule has 0 N–H and O–H groups in total. The van der Waals surface area contributed by atoms with Crippen LogP contribution in [0.25, 0.3) is 0 Å². The van der Waals surface area contributed by atoms with Gasteiger partial charge in [-0.2, -0.15) is 11.8 Å². The first-order chi connectivity index (χ1) is 12.2. The second-order valence-corrected chi connectivity index (χ2v) is 7.02. The van der Waals surface area contributed by atoms with Crippen molar-refractivity contribution in [3.8, 4) is 5.75 Å². The summed E-state index contributed by atoms with van der Waals surface area (Å²) in [5.41, 5.74) is 2.30. The molecule has 3 rings (SSSR count). The van der Waals surface area contributed by atoms with Crippen LogP contribution in [0.15, 0.2) is 48.5 Å². The Morgan fingerprint density at radius 2 is 1.68 bits per heavy atom. The lowest BCUT2D eigenvalue weighted by Crippen LogP contribution is -2.30. The van der Waals surface area contributed by atoms with E-state index < -0.39 is 0 Å². The largest absolute Gasteiger partial charge is 0.497 e. The maximum absolute atomic E-state index is 12.3. The van der Waals surface area contributed by atoms with Crippen molar-refractivity contribution in [1.82, 2.24) is 4.90 Å². The first kappa shape index (κ1) is 17.5. The molecule has 5 heteroatoms. The number of ether oxygens (including phenoxy) is 1. The summed E-state index contributed by atoms with van der Waals surface area (Å²) >= 11 is 1.85. The molecular formula is C20H21NO3S. The van der Waals surface area contributed by atoms with E-state index in [0.29, 0.717) is 17.7 Å². The zero-order valence-electron chi connectivity index (χ0n) is 14.2. The van der Waals surface area contributed by atoms with Gasteiger partial charge in [0, 0.05) is 12.3 Å². The molecule has 1 aliphatic rings. The Morgan fingerprint density at radius 3 is 2.36 bits per heavy atom. The molecule has 0 bridgehead atoms. The fourth-order valence-electron chi connectivity index (χ4n) is 2.87. The van der Waals surface area contributed by atoms with Gasteiger partial charge in [-0.15, -0.1) is 0 Å². The third-order valence-corrected chi connectivity index (χ3v) is 5.32. The van der Waals surface area contributed by atoms with E-state index in [0.717, 1.165) is 30.1 Å². The van der Waals surface area contributed by atoms with E-state index in [2.05, 4.69) is 6.07 Å². The van der Waals surface area contributed by atoms with Crippen LogP contribution in [-0.2, 0) is 5.75 Å². The molecule has 0 aromatic heterocycles. The second-order valence-electron chi connectivity index (χ2n) is 5.92. The fourth-order valence-corrected chi connectivity index (χ4v) is 3.84. The van der Waals surface area contributed by atoms with Crippen molar-refractivity contribution < 1.29 is 14.3 Å². The van der Waals surface area contributed by atoms with Crippen molar-refractivity contribution in [3.63, 3.8) is 0 Å². The van der Waals surface area contributed by atoms with Crippen molar-refractivity contribution in [2.45, 2.75) is 18.6 Å². The van der Waals surface area contributed by atoms with Crippen LogP contribution in [0.5, 0.6) is 5.75 Å². The number of unbranched alkanes of at least 4 members (excludes halogenated alkanes) is 1. The summed E-state index contributed by atoms with van der Waals surface area (Å²) in [5, 5.41) is 0. The Morgan fingerprint density at radius 1 is 0.960 bits per heavy atom. The predicted octanol–water partition coefficient (Wildman–Crippen LogP) is 4.00. The maximum atomic E-state index is 12.3. The van der Waals surface area contributed by atoms with Crippen LogP contribution in [0.4, 0.5) is 0 Å². The molecule has 0 unspecified atom stereocenters. The van der Waals surface area contributed by atoms with Crippen molar-refractivity contribution in [3.05, 3.63) is 65.2 Å². The van der Waals surface area contributed by atoms with Crippen molar-refractivity contribution >= 4 is 23.6 Å². The molecule has 2 aromatic carbocycles. The Kier molecular flexibility index (Phi) is 5.76. The zero-order valence-corrected chi connectivity index (χ0v) is 15.1. The molecule has 130 valence electrons. The highest BCUT2D eigenvalue weighted by Crippen LogP contribution is 2.23. The number of nitrogens with zero attached hydrogens (tertiary/aromatic N) is 1. The van der Waals surface area contributed by atoms with Crippen LogP contribution < -0.4 is 4.74 Å². The quantitative estimate of drug-likeness (QED) is 0.530. The van der Waals surface area contributed by atoms with E-state index in [9.17, 15) is 9.59 Å². The summed E-state index contributed by atoms with van der Waals surface area (Å²) in [6, 6.07) is 15.1. The van der Waals surface area contributed by atoms with Gasteiger partial charge in [0.05, 0.1) is 18.2 Å². The zero-order chi connectivity index (χ0) is 17.6. The maximum Gasteiger partial charge on any atom is 0.261 e. The van der Waals surface area contributed by atoms with Gasteiger partial charge in [-0.25, -0.2) is 0 Å². The van der Waals surface area contributed by atoms with Crippen LogP contribution in [0.3, 0.4) is 0 Å². The molecule has 0 fully saturated rings. The molecule has 0 aliphatic carbocycles. The number of hydrogen-bond donors (Lipinski definition) is 0. The number of fused-ring (bicyclic) bond motifs is 1. The summed E-state index contributed by atoms with van der Waals surface area (Å²) in [7, 11) is 1.67. The van der Waals surface area contributed by atoms with Crippen LogP contribution >= 0.6 is 11.8 Å². The van der Waals surface area contributed by atoms with E-state index in [1.807, 2.05) is 30.0 Å². The summed E-state index contributed by atoms with van der Waals surface area (Å²) in [6.45, 7) is 0.492. The fraction of sp³-hybridized carbons (Fsp3) is 0.300. The minimum absolute atomic E-state index is 0.162. The highest BCUT2D eigenvalue weighted by Gasteiger charge is 2.34. The smallest absolute Gasteiger partial charge is 0.261 e. The predicted molar refractivity (Wildman–Crippen MR) is 100 cm³/mol. The number of carbonyl (C=O) groups excluding carboxylic acids is 2. The molecule has 0 saturated heterocycles. The monoisotopic (exact) mass is 355 g/mol. The summed E-state index contributed by atoms with van der Waals surface area (Å²) in [4.78, 5) is 25.9. The normalized spacial score (nSPS) is 13.2. The molecule has 0 saturated carbocycles. The summed E-state index contributed by atoms with van der Waals surface area (Å²) in [5.74, 6) is 2.49. The standard InChI is InChI=1S/C20H21NO3S/c1-24-16-8-6-7-15(13-16)14-25-12-5-4-11-21-19(22)17-9-2-3-10-18(17)20(21)23/h2-3,6-10,13H,4-5,11-12,14H2,1H3. The number of carbonyl (C=O) groups is 2. The van der Waals surface area contributed by atoms with Gasteiger partial charge in [0.25, 0.3) is 11.8 Å². The van der Waals surface area contributed by atoms with Crippen molar-refractivity contribution in [2.75, 3.05) is 19.4 Å². The van der Waals surface area contributed by atoms with Crippen LogP contribution in [0.2, 0.25) is 0 Å². The minimum Gasteiger partial charge on any atom is -0.497 e. The number of benzene rings is 2. The highest BCUT2D eigenvalue weighted by atomic mass is 32.2. The van der Waals surface area contributed by atoms with E-state index in [4.69, 9.17) is 4.74 Å². The SMILES string of the molecule is COc1cccc(CSCCCCN2C(=O)c3ccccc3C2=O)c1. The lowest BCUT2D eigenvalue weighted by molar-refractivity contribution is 0.0652. The molecule has 0 spiro atoms. The molecule has 4 nitrogen and oxygen atoms in total. The van der Waals surface area contributed by atoms with Gasteiger partial charge < -0.3 is 4.74 Å². The average molecular weight is 355 g/mol. The van der Waals surface area contributed by atoms with Gasteiger partial charge in [0.15, 0.2) is 0 Å². The lowest BCUT2D eigenvalue weighted by atomic mass is 10.1. The van der Waals surface area contributed by atoms with Crippen molar-refractivity contribution in [2.24, 2.45) is 0 Å². The minimum atomic E-state index is -0.162. The topological polar surface area (TPSA) is 46.6 Å². The molecule has 1 aliphatic heterocycles. The van der Waals surface area contributed by atoms with Crippen molar-refractivity contribution in [1.29, 1.82) is 0 Å². The number of thioether (sulfide) groups is 1. The number of rotatable bonds is 8. The molecule has 0 atom stereocenters. The van der Waals surface area contributed by atoms with E-state index in [1.54, 1.807) is 31.4 Å². The Labute approximate surface area is 152 Å². The van der Waals surface area contributed by atoms with Gasteiger partial charge in [0.2, 0.25) is 0 Å². The van der Waals surface area contributed by atoms with Crippen LogP contribution in [-0.4, -0.2) is 36.1 Å². The first-order valence-corrected chi connectivity index (χ1v) is 9.52. The lowest BCUT2D eigenvalue weighted by Gasteiger charge is -2.13. The Balaban J connectivity index is 1.39. The molecule has 25 heavy (non-hydrogen) atoms. The summed E-state index contributed by atoms with van der Waals surface area (Å²) in [6.07, 6.45) is 1.80. The number of imide groups is 1. The second kappa shape index (κ2) is 8.21. The number of methoxy groups -OCH3 is 1. The van der Waals surface area contributed by atoms with Gasteiger partial charge in [-0.1, -0.05) is 24.3 Å². The molecule has 2 amide bonds. The van der Waals surface area contributed by atoms with Gasteiger partial charge >= 0.3 is 0 Å². The molecule has 2 aromatic rings. The van der Waals surface area contributed by atoms with Crippen LogP contribution in [0.1, 0.15) is 39.1 Å². The van der Waals surface area contributed by atoms with E-state index >= 15 is 0 Å². The highest BCUT2D eigenvalue weighted by molar-refractivity contribution is 7.98. The Hall–Kier alpha value is -2.27. The first-order valence-electron chi connectivity index (χ1n) is 8.36. The van der Waals surface area contributed by atoms with Crippen LogP contribution in [0, 0.1) is 0 Å². The van der Waals surface area contributed by atoms with E-state index in [-0.39, 0.29) is 11.8 Å². The molecule has 1 heterocycles. The van der Waals surface area contributed by atoms with Gasteiger partial charge in [-0.05, 0) is 48.4 Å². The van der Waals surface area contributed by atoms with Gasteiger partial charge in [-0.3, -0.25) is 14.5 Å². The number of hydrogen-bond acceptors (Lipinski definition) is 4. The third kappa shape index (κ3) is 4.04. The van der Waals surface area contributed by atoms with E-state index in [1.165, 1.54) is 10.5 Å². The molecule has 0 radical (unpaired) electrons. The third-order valence-electron chi connectivity index (χ3n) is 4.20.